The average Bonchev–Trinajstić information content (AvgIpc) is 1.65. The van der Waals surface area contributed by atoms with Gasteiger partial charge in [-0.3, -0.25) is 9.59 Å². The quantitative estimate of drug-likeness (QED) is 0.0380. The lowest BCUT2D eigenvalue weighted by Gasteiger charge is -2.25. The molecule has 432 valence electrons. The number of imide groups is 1. The maximum absolute atomic E-state index is 15.3. The molecule has 0 N–H and O–H groups in total. The van der Waals surface area contributed by atoms with Gasteiger partial charge < -0.3 is 0 Å². The predicted molar refractivity (Wildman–Crippen MR) is 368 cm³/mol. The smallest absolute Gasteiger partial charge is 0.268 e. The zero-order chi connectivity index (χ0) is 58.0. The Bertz CT molecular complexity index is 3740. The molecule has 83 heavy (non-hydrogen) atoms. The van der Waals surface area contributed by atoms with Crippen LogP contribution in [0.4, 0.5) is 5.69 Å². The van der Waals surface area contributed by atoms with Crippen LogP contribution in [0, 0.1) is 11.8 Å². The van der Waals surface area contributed by atoms with Crippen LogP contribution in [0.3, 0.4) is 0 Å². The topological polar surface area (TPSA) is 37.4 Å². The minimum Gasteiger partial charge on any atom is -0.268 e. The molecule has 2 atom stereocenters. The highest BCUT2D eigenvalue weighted by Gasteiger charge is 2.44. The molecule has 1 aliphatic heterocycles. The Kier molecular flexibility index (Phi) is 18.6. The number of fused-ring (bicyclic) bond motifs is 5. The number of hydrogen-bond donors (Lipinski definition) is 0. The van der Waals surface area contributed by atoms with Gasteiger partial charge in [-0.25, -0.2) is 4.90 Å². The summed E-state index contributed by atoms with van der Waals surface area (Å²) in [7, 11) is 0. The maximum Gasteiger partial charge on any atom is 0.276 e. The third-order valence-corrected chi connectivity index (χ3v) is 26.0. The second-order valence-corrected chi connectivity index (χ2v) is 31.1. The van der Waals surface area contributed by atoms with Crippen molar-refractivity contribution in [3.05, 3.63) is 168 Å². The SMILES string of the molecule is CCCCCCCCc1ccc(N2C(=O)c3sc4c(-c5cc6c(-c7ccc(CC(CC)CCCC)s7)c7sc(C(C)(C)c8ccccc8)cc7c(-c7ccc(CC(CC)CCCC)s7)c6s5)sc(C(C)(C)c5ccccc5)c4c3C2=O)cc1. The molecule has 0 fully saturated rings. The second-order valence-electron chi connectivity index (χ2n) is 24.6. The van der Waals surface area contributed by atoms with Crippen LogP contribution in [0.15, 0.2) is 121 Å². The molecule has 3 nitrogen and oxygen atoms in total. The van der Waals surface area contributed by atoms with Crippen LogP contribution in [-0.2, 0) is 30.1 Å². The first kappa shape index (κ1) is 59.7. The number of rotatable bonds is 27. The second kappa shape index (κ2) is 25.9. The van der Waals surface area contributed by atoms with E-state index in [0.29, 0.717) is 28.0 Å². The van der Waals surface area contributed by atoms with Gasteiger partial charge in [-0.2, -0.15) is 0 Å². The predicted octanol–water partition coefficient (Wildman–Crippen LogP) is 24.4. The molecule has 0 saturated carbocycles. The maximum atomic E-state index is 15.3. The minimum atomic E-state index is -0.467. The van der Waals surface area contributed by atoms with E-state index in [1.165, 1.54) is 177 Å². The Morgan fingerprint density at radius 3 is 1.58 bits per heavy atom. The van der Waals surface area contributed by atoms with Gasteiger partial charge in [0.25, 0.3) is 11.8 Å². The fraction of sp³-hybridized carbons (Fsp3) is 0.405. The van der Waals surface area contributed by atoms with E-state index < -0.39 is 5.41 Å². The first-order valence-corrected chi connectivity index (χ1v) is 36.1. The highest BCUT2D eigenvalue weighted by Crippen LogP contribution is 2.59. The summed E-state index contributed by atoms with van der Waals surface area (Å²) in [6.45, 7) is 21.0. The standard InChI is InChI=1S/C74H83NO2S6/c1-10-15-18-19-20-23-30-49-35-37-52(38-36-49)75-71(76)64-63-68(82-69(64)72(75)77)67(83-70(63)74(8,9)51-33-26-22-27-34-51)59-45-55-61(57-41-39-53(78-57)43-47(13-4)28-16-11-2)66-56(46-60(81-66)73(6,7)50-31-24-21-25-32-50)62(65(55)80-59)58-42-40-54(79-58)44-48(14-5)29-17-12-3/h21-22,24-27,31-42,45-48H,10-20,23,28-30,43-44H2,1-9H3. The number of benzene rings is 4. The van der Waals surface area contributed by atoms with Gasteiger partial charge in [0.1, 0.15) is 4.88 Å². The number of nitrogens with zero attached hydrogens (tertiary/aromatic N) is 1. The Morgan fingerprint density at radius 1 is 0.458 bits per heavy atom. The number of thiophene rings is 6. The molecule has 10 aromatic rings. The van der Waals surface area contributed by atoms with Crippen molar-refractivity contribution in [2.75, 3.05) is 4.90 Å². The molecule has 1 aliphatic rings. The zero-order valence-electron chi connectivity index (χ0n) is 50.4. The fourth-order valence-electron chi connectivity index (χ4n) is 12.8. The molecule has 0 radical (unpaired) electrons. The molecule has 4 aromatic carbocycles. The lowest BCUT2D eigenvalue weighted by atomic mass is 9.81. The van der Waals surface area contributed by atoms with E-state index in [2.05, 4.69) is 172 Å². The van der Waals surface area contributed by atoms with Crippen LogP contribution in [-0.4, -0.2) is 11.8 Å². The number of carbonyl (C=O) groups is 2. The number of aryl methyl sites for hydroxylation is 1. The van der Waals surface area contributed by atoms with Gasteiger partial charge in [0.2, 0.25) is 0 Å². The average molecular weight is 1210 g/mol. The minimum absolute atomic E-state index is 0.216. The van der Waals surface area contributed by atoms with Gasteiger partial charge >= 0.3 is 0 Å². The van der Waals surface area contributed by atoms with Gasteiger partial charge in [-0.05, 0) is 103 Å². The van der Waals surface area contributed by atoms with Crippen LogP contribution in [0.1, 0.15) is 208 Å². The van der Waals surface area contributed by atoms with E-state index in [-0.39, 0.29) is 17.2 Å². The van der Waals surface area contributed by atoms with Crippen molar-refractivity contribution in [2.24, 2.45) is 11.8 Å². The van der Waals surface area contributed by atoms with E-state index in [1.54, 1.807) is 0 Å². The Hall–Kier alpha value is -5.00. The molecular formula is C74H83NO2S6. The molecular weight excluding hydrogens is 1130 g/mol. The van der Waals surface area contributed by atoms with Crippen LogP contribution < -0.4 is 4.90 Å². The molecule has 9 heteroatoms. The molecule has 2 unspecified atom stereocenters. The normalized spacial score (nSPS) is 13.9. The lowest BCUT2D eigenvalue weighted by Crippen LogP contribution is -2.29. The van der Waals surface area contributed by atoms with Crippen LogP contribution in [0.5, 0.6) is 0 Å². The van der Waals surface area contributed by atoms with Crippen LogP contribution in [0.25, 0.3) is 60.9 Å². The van der Waals surface area contributed by atoms with E-state index in [0.717, 1.165) is 45.5 Å². The Labute approximate surface area is 518 Å². The first-order valence-electron chi connectivity index (χ1n) is 31.2. The van der Waals surface area contributed by atoms with Crippen molar-refractivity contribution < 1.29 is 9.59 Å². The molecule has 2 amide bonds. The molecule has 0 bridgehead atoms. The van der Waals surface area contributed by atoms with Gasteiger partial charge in [0, 0.05) is 81.7 Å². The lowest BCUT2D eigenvalue weighted by molar-refractivity contribution is 0.0927. The third kappa shape index (κ3) is 11.9. The third-order valence-electron chi connectivity index (χ3n) is 18.1. The van der Waals surface area contributed by atoms with Crippen molar-refractivity contribution >= 4 is 116 Å². The van der Waals surface area contributed by atoms with E-state index in [9.17, 15) is 4.79 Å². The summed E-state index contributed by atoms with van der Waals surface area (Å²) in [6.07, 6.45) is 20.7. The molecule has 7 heterocycles. The van der Waals surface area contributed by atoms with Gasteiger partial charge in [0.15, 0.2) is 0 Å². The summed E-state index contributed by atoms with van der Waals surface area (Å²) in [5.74, 6) is 0.916. The molecule has 6 aromatic heterocycles. The van der Waals surface area contributed by atoms with Gasteiger partial charge in [0.05, 0.1) is 20.8 Å². The largest absolute Gasteiger partial charge is 0.276 e. The van der Waals surface area contributed by atoms with Crippen molar-refractivity contribution in [1.82, 2.24) is 0 Å². The number of anilines is 1. The molecule has 0 aliphatic carbocycles. The highest BCUT2D eigenvalue weighted by molar-refractivity contribution is 7.32. The molecule has 11 rings (SSSR count). The summed E-state index contributed by atoms with van der Waals surface area (Å²) >= 11 is 11.3. The molecule has 0 spiro atoms. The summed E-state index contributed by atoms with van der Waals surface area (Å²) in [4.78, 5) is 42.7. The summed E-state index contributed by atoms with van der Waals surface area (Å²) < 4.78 is 3.72. The Morgan fingerprint density at radius 2 is 1.00 bits per heavy atom. The van der Waals surface area contributed by atoms with Gasteiger partial charge in [-0.1, -0.05) is 219 Å². The number of carbonyl (C=O) groups excluding carboxylic acids is 2. The Balaban J connectivity index is 1.11. The van der Waals surface area contributed by atoms with Gasteiger partial charge in [-0.15, -0.1) is 68.0 Å². The first-order chi connectivity index (χ1) is 40.3. The van der Waals surface area contributed by atoms with E-state index in [1.807, 2.05) is 68.8 Å². The zero-order valence-corrected chi connectivity index (χ0v) is 55.3. The number of amides is 2. The van der Waals surface area contributed by atoms with Crippen molar-refractivity contribution in [3.8, 4) is 30.6 Å². The van der Waals surface area contributed by atoms with E-state index in [4.69, 9.17) is 0 Å². The highest BCUT2D eigenvalue weighted by atomic mass is 32.1. The molecule has 0 saturated heterocycles. The van der Waals surface area contributed by atoms with Crippen molar-refractivity contribution in [1.29, 1.82) is 0 Å². The fourth-order valence-corrected chi connectivity index (χ4v) is 20.9. The summed E-state index contributed by atoms with van der Waals surface area (Å²) in [5, 5.41) is 3.57. The number of unbranched alkanes of at least 4 members (excludes halogenated alkanes) is 7. The van der Waals surface area contributed by atoms with Crippen molar-refractivity contribution in [2.45, 2.75) is 182 Å². The number of hydrogen-bond acceptors (Lipinski definition) is 8. The summed E-state index contributed by atoms with van der Waals surface area (Å²) in [5.41, 5.74) is 6.96. The van der Waals surface area contributed by atoms with Crippen molar-refractivity contribution in [3.63, 3.8) is 0 Å². The van der Waals surface area contributed by atoms with Crippen LogP contribution in [0.2, 0.25) is 0 Å². The van der Waals surface area contributed by atoms with E-state index >= 15 is 4.79 Å². The monoisotopic (exact) mass is 1210 g/mol. The summed E-state index contributed by atoms with van der Waals surface area (Å²) in [6, 6.07) is 44.8. The van der Waals surface area contributed by atoms with Crippen LogP contribution >= 0.6 is 68.0 Å².